The Balaban J connectivity index is 3.41. The molecule has 0 unspecified atom stereocenters. The number of ether oxygens (including phenoxy) is 1. The van der Waals surface area contributed by atoms with Crippen molar-refractivity contribution < 1.29 is 9.84 Å². The van der Waals surface area contributed by atoms with Crippen molar-refractivity contribution >= 4 is 0 Å². The SMILES string of the molecule is COc1c(C)[nH]cc(O)c1=O. The molecule has 1 aromatic rings. The van der Waals surface area contributed by atoms with Gasteiger partial charge in [0, 0.05) is 6.20 Å². The fourth-order valence-electron chi connectivity index (χ4n) is 0.840. The first-order valence-corrected chi connectivity index (χ1v) is 3.12. The summed E-state index contributed by atoms with van der Waals surface area (Å²) >= 11 is 0. The highest BCUT2D eigenvalue weighted by Crippen LogP contribution is 2.11. The van der Waals surface area contributed by atoms with E-state index in [1.54, 1.807) is 6.92 Å². The number of rotatable bonds is 1. The lowest BCUT2D eigenvalue weighted by Gasteiger charge is -2.02. The van der Waals surface area contributed by atoms with Crippen molar-refractivity contribution in [2.45, 2.75) is 6.92 Å². The van der Waals surface area contributed by atoms with Crippen LogP contribution in [-0.2, 0) is 0 Å². The normalized spacial score (nSPS) is 9.64. The molecule has 0 amide bonds. The van der Waals surface area contributed by atoms with E-state index in [-0.39, 0.29) is 11.5 Å². The van der Waals surface area contributed by atoms with E-state index < -0.39 is 5.43 Å². The molecule has 4 heteroatoms. The van der Waals surface area contributed by atoms with Crippen LogP contribution in [0.25, 0.3) is 0 Å². The quantitative estimate of drug-likeness (QED) is 0.617. The summed E-state index contributed by atoms with van der Waals surface area (Å²) in [4.78, 5) is 13.7. The van der Waals surface area contributed by atoms with Crippen LogP contribution < -0.4 is 10.2 Å². The Labute approximate surface area is 63.5 Å². The lowest BCUT2D eigenvalue weighted by Crippen LogP contribution is -2.07. The Morgan fingerprint density at radius 2 is 2.27 bits per heavy atom. The predicted octanol–water partition coefficient (Wildman–Crippen LogP) is 0.398. The monoisotopic (exact) mass is 155 g/mol. The Morgan fingerprint density at radius 3 is 2.73 bits per heavy atom. The van der Waals surface area contributed by atoms with E-state index in [2.05, 4.69) is 4.98 Å². The number of pyridine rings is 1. The molecule has 0 radical (unpaired) electrons. The molecular formula is C7H9NO3. The molecule has 4 nitrogen and oxygen atoms in total. The zero-order valence-corrected chi connectivity index (χ0v) is 6.34. The molecule has 0 atom stereocenters. The molecule has 0 bridgehead atoms. The standard InChI is InChI=1S/C7H9NO3/c1-4-7(11-2)6(10)5(9)3-8-4/h3,9H,1-2H3,(H,8,10). The molecule has 1 rings (SSSR count). The Bertz CT molecular complexity index is 316. The lowest BCUT2D eigenvalue weighted by atomic mass is 10.3. The minimum absolute atomic E-state index is 0.157. The summed E-state index contributed by atoms with van der Waals surface area (Å²) in [5.41, 5.74) is 0.124. The summed E-state index contributed by atoms with van der Waals surface area (Å²) in [5, 5.41) is 8.93. The van der Waals surface area contributed by atoms with Crippen LogP contribution in [0.15, 0.2) is 11.0 Å². The van der Waals surface area contributed by atoms with Gasteiger partial charge in [0.15, 0.2) is 11.5 Å². The summed E-state index contributed by atoms with van der Waals surface area (Å²) < 4.78 is 4.75. The summed E-state index contributed by atoms with van der Waals surface area (Å²) in [6.07, 6.45) is 1.24. The maximum Gasteiger partial charge on any atom is 0.265 e. The van der Waals surface area contributed by atoms with Crippen LogP contribution in [0, 0.1) is 6.92 Å². The second-order valence-corrected chi connectivity index (χ2v) is 2.16. The van der Waals surface area contributed by atoms with Gasteiger partial charge in [0.05, 0.1) is 12.8 Å². The fraction of sp³-hybridized carbons (Fsp3) is 0.286. The molecule has 1 aromatic heterocycles. The van der Waals surface area contributed by atoms with Crippen molar-refractivity contribution in [1.29, 1.82) is 0 Å². The van der Waals surface area contributed by atoms with E-state index in [4.69, 9.17) is 9.84 Å². The van der Waals surface area contributed by atoms with Crippen LogP contribution in [0.2, 0.25) is 0 Å². The van der Waals surface area contributed by atoms with Crippen molar-refractivity contribution in [2.24, 2.45) is 0 Å². The Hall–Kier alpha value is -1.45. The van der Waals surface area contributed by atoms with Gasteiger partial charge < -0.3 is 14.8 Å². The average Bonchev–Trinajstić information content (AvgIpc) is 1.99. The van der Waals surface area contributed by atoms with E-state index in [0.717, 1.165) is 0 Å². The number of aromatic nitrogens is 1. The number of nitrogens with one attached hydrogen (secondary N) is 1. The van der Waals surface area contributed by atoms with Crippen LogP contribution in [0.5, 0.6) is 11.5 Å². The highest BCUT2D eigenvalue weighted by atomic mass is 16.5. The zero-order valence-electron chi connectivity index (χ0n) is 6.34. The number of aromatic amines is 1. The van der Waals surface area contributed by atoms with Gasteiger partial charge in [-0.05, 0) is 6.92 Å². The van der Waals surface area contributed by atoms with E-state index in [9.17, 15) is 4.79 Å². The topological polar surface area (TPSA) is 62.3 Å². The van der Waals surface area contributed by atoms with Gasteiger partial charge in [0.2, 0.25) is 0 Å². The lowest BCUT2D eigenvalue weighted by molar-refractivity contribution is 0.394. The van der Waals surface area contributed by atoms with Gasteiger partial charge in [-0.15, -0.1) is 0 Å². The molecule has 60 valence electrons. The molecule has 11 heavy (non-hydrogen) atoms. The largest absolute Gasteiger partial charge is 0.503 e. The third-order valence-corrected chi connectivity index (χ3v) is 1.41. The highest BCUT2D eigenvalue weighted by Gasteiger charge is 2.06. The molecule has 2 N–H and O–H groups in total. The average molecular weight is 155 g/mol. The molecule has 0 aliphatic heterocycles. The fourth-order valence-corrected chi connectivity index (χ4v) is 0.840. The second-order valence-electron chi connectivity index (χ2n) is 2.16. The Morgan fingerprint density at radius 1 is 1.64 bits per heavy atom. The first-order valence-electron chi connectivity index (χ1n) is 3.12. The minimum atomic E-state index is -0.483. The van der Waals surface area contributed by atoms with Gasteiger partial charge >= 0.3 is 0 Å². The van der Waals surface area contributed by atoms with Gasteiger partial charge in [-0.3, -0.25) is 4.79 Å². The van der Waals surface area contributed by atoms with Crippen LogP contribution in [-0.4, -0.2) is 17.2 Å². The number of aromatic hydroxyl groups is 1. The van der Waals surface area contributed by atoms with Crippen LogP contribution >= 0.6 is 0 Å². The Kier molecular flexibility index (Phi) is 1.85. The number of methoxy groups -OCH3 is 1. The van der Waals surface area contributed by atoms with E-state index in [1.165, 1.54) is 13.3 Å². The van der Waals surface area contributed by atoms with E-state index in [0.29, 0.717) is 5.69 Å². The smallest absolute Gasteiger partial charge is 0.265 e. The van der Waals surface area contributed by atoms with Gasteiger partial charge in [0.25, 0.3) is 5.43 Å². The molecule has 0 fully saturated rings. The number of H-pyrrole nitrogens is 1. The van der Waals surface area contributed by atoms with Crippen molar-refractivity contribution in [3.63, 3.8) is 0 Å². The molecule has 0 spiro atoms. The summed E-state index contributed by atoms with van der Waals surface area (Å²) in [6, 6.07) is 0. The van der Waals surface area contributed by atoms with Gasteiger partial charge in [-0.1, -0.05) is 0 Å². The number of aryl methyl sites for hydroxylation is 1. The second kappa shape index (κ2) is 2.65. The number of hydrogen-bond donors (Lipinski definition) is 2. The van der Waals surface area contributed by atoms with Gasteiger partial charge in [-0.25, -0.2) is 0 Å². The maximum atomic E-state index is 11.0. The third-order valence-electron chi connectivity index (χ3n) is 1.41. The maximum absolute atomic E-state index is 11.0. The molecule has 0 saturated carbocycles. The van der Waals surface area contributed by atoms with E-state index in [1.807, 2.05) is 0 Å². The van der Waals surface area contributed by atoms with Gasteiger partial charge in [-0.2, -0.15) is 0 Å². The molecule has 0 saturated heterocycles. The molecular weight excluding hydrogens is 146 g/mol. The summed E-state index contributed by atoms with van der Waals surface area (Å²) in [6.45, 7) is 1.69. The molecule has 0 aliphatic rings. The van der Waals surface area contributed by atoms with Crippen molar-refractivity contribution in [1.82, 2.24) is 4.98 Å². The first-order chi connectivity index (χ1) is 5.16. The molecule has 1 heterocycles. The van der Waals surface area contributed by atoms with Crippen LogP contribution in [0.1, 0.15) is 5.69 Å². The summed E-state index contributed by atoms with van der Waals surface area (Å²) in [5.74, 6) is -0.169. The molecule has 0 aliphatic carbocycles. The van der Waals surface area contributed by atoms with Crippen molar-refractivity contribution in [2.75, 3.05) is 7.11 Å². The predicted molar refractivity (Wildman–Crippen MR) is 40.0 cm³/mol. The van der Waals surface area contributed by atoms with Crippen LogP contribution in [0.3, 0.4) is 0 Å². The zero-order chi connectivity index (χ0) is 8.43. The third kappa shape index (κ3) is 1.19. The van der Waals surface area contributed by atoms with Gasteiger partial charge in [0.1, 0.15) is 0 Å². The van der Waals surface area contributed by atoms with Crippen molar-refractivity contribution in [3.05, 3.63) is 22.1 Å². The van der Waals surface area contributed by atoms with Crippen LogP contribution in [0.4, 0.5) is 0 Å². The van der Waals surface area contributed by atoms with E-state index >= 15 is 0 Å². The highest BCUT2D eigenvalue weighted by molar-refractivity contribution is 5.33. The van der Waals surface area contributed by atoms with Crippen molar-refractivity contribution in [3.8, 4) is 11.5 Å². The molecule has 0 aromatic carbocycles. The number of hydrogen-bond acceptors (Lipinski definition) is 3. The minimum Gasteiger partial charge on any atom is -0.503 e. The summed E-state index contributed by atoms with van der Waals surface area (Å²) in [7, 11) is 1.39. The first kappa shape index (κ1) is 7.65.